The minimum atomic E-state index is -0.0783. The van der Waals surface area contributed by atoms with E-state index in [2.05, 4.69) is 57.8 Å². The summed E-state index contributed by atoms with van der Waals surface area (Å²) in [6.07, 6.45) is 7.93. The summed E-state index contributed by atoms with van der Waals surface area (Å²) in [6, 6.07) is 19.1. The van der Waals surface area contributed by atoms with E-state index >= 15 is 0 Å². The Kier molecular flexibility index (Phi) is 4.92. The van der Waals surface area contributed by atoms with Crippen LogP contribution < -0.4 is 0 Å². The molecule has 1 amide bonds. The number of benzene rings is 2. The van der Waals surface area contributed by atoms with Crippen LogP contribution in [0.1, 0.15) is 59.8 Å². The van der Waals surface area contributed by atoms with Crippen LogP contribution in [-0.2, 0) is 0 Å². The summed E-state index contributed by atoms with van der Waals surface area (Å²) in [4.78, 5) is 16.9. The van der Waals surface area contributed by atoms with E-state index in [0.29, 0.717) is 11.7 Å². The molecule has 0 saturated heterocycles. The van der Waals surface area contributed by atoms with Crippen molar-refractivity contribution in [2.45, 2.75) is 49.1 Å². The highest BCUT2D eigenvalue weighted by Gasteiger charge is 2.45. The standard InChI is InChI=1S/C24H25N3OS/c1-29-19-14-12-17(13-15-19)23-20-21(16-8-4-2-5-9-16)25-26-22(20)24(28)27(23)18-10-6-3-7-11-18/h2,4-5,8-9,12-15,18,23H,3,6-7,10-11H2,1H3,(H,25,26). The van der Waals surface area contributed by atoms with Crippen molar-refractivity contribution in [1.82, 2.24) is 15.1 Å². The molecule has 4 nitrogen and oxygen atoms in total. The van der Waals surface area contributed by atoms with Crippen LogP contribution in [0.2, 0.25) is 0 Å². The summed E-state index contributed by atoms with van der Waals surface area (Å²) < 4.78 is 0. The number of fused-ring (bicyclic) bond motifs is 1. The Morgan fingerprint density at radius 1 is 1.00 bits per heavy atom. The van der Waals surface area contributed by atoms with Gasteiger partial charge in [-0.05, 0) is 36.8 Å². The number of thioether (sulfide) groups is 1. The zero-order valence-electron chi connectivity index (χ0n) is 16.6. The topological polar surface area (TPSA) is 49.0 Å². The highest BCUT2D eigenvalue weighted by atomic mass is 32.2. The number of amides is 1. The van der Waals surface area contributed by atoms with Gasteiger partial charge in [0.05, 0.1) is 11.7 Å². The smallest absolute Gasteiger partial charge is 0.273 e. The molecule has 1 unspecified atom stereocenters. The molecule has 1 atom stereocenters. The summed E-state index contributed by atoms with van der Waals surface area (Å²) in [7, 11) is 0. The van der Waals surface area contributed by atoms with E-state index in [1.807, 2.05) is 18.2 Å². The molecular formula is C24H25N3OS. The lowest BCUT2D eigenvalue weighted by Gasteiger charge is -2.36. The van der Waals surface area contributed by atoms with Gasteiger partial charge >= 0.3 is 0 Å². The fourth-order valence-electron chi connectivity index (χ4n) is 4.83. The molecule has 0 spiro atoms. The Balaban J connectivity index is 1.65. The van der Waals surface area contributed by atoms with Crippen LogP contribution in [0.3, 0.4) is 0 Å². The summed E-state index contributed by atoms with van der Waals surface area (Å²) in [5.41, 5.74) is 4.80. The van der Waals surface area contributed by atoms with E-state index in [-0.39, 0.29) is 11.9 Å². The van der Waals surface area contributed by atoms with Crippen LogP contribution in [0.5, 0.6) is 0 Å². The number of hydrogen-bond donors (Lipinski definition) is 1. The number of carbonyl (C=O) groups is 1. The second-order valence-electron chi connectivity index (χ2n) is 7.91. The Hall–Kier alpha value is -2.53. The van der Waals surface area contributed by atoms with E-state index in [4.69, 9.17) is 0 Å². The first kappa shape index (κ1) is 18.5. The largest absolute Gasteiger partial charge is 0.323 e. The van der Waals surface area contributed by atoms with Crippen LogP contribution >= 0.6 is 11.8 Å². The van der Waals surface area contributed by atoms with E-state index in [9.17, 15) is 4.79 Å². The number of rotatable bonds is 4. The molecule has 1 N–H and O–H groups in total. The number of aromatic nitrogens is 2. The SMILES string of the molecule is CSc1ccc(C2c3c(-c4ccccc4)n[nH]c3C(=O)N2C2CCCCC2)cc1. The molecule has 5 heteroatoms. The molecular weight excluding hydrogens is 378 g/mol. The average molecular weight is 404 g/mol. The summed E-state index contributed by atoms with van der Waals surface area (Å²) in [5, 5.41) is 7.65. The second kappa shape index (κ2) is 7.71. The lowest BCUT2D eigenvalue weighted by Crippen LogP contribution is -2.40. The Bertz CT molecular complexity index is 1010. The lowest BCUT2D eigenvalue weighted by molar-refractivity contribution is 0.0606. The maximum Gasteiger partial charge on any atom is 0.273 e. The third-order valence-electron chi connectivity index (χ3n) is 6.25. The predicted octanol–water partition coefficient (Wildman–Crippen LogP) is 5.68. The van der Waals surface area contributed by atoms with Crippen molar-refractivity contribution in [2.24, 2.45) is 0 Å². The van der Waals surface area contributed by atoms with Crippen LogP contribution in [-0.4, -0.2) is 33.3 Å². The molecule has 3 aromatic rings. The van der Waals surface area contributed by atoms with Crippen molar-refractivity contribution in [3.63, 3.8) is 0 Å². The zero-order valence-corrected chi connectivity index (χ0v) is 17.4. The van der Waals surface area contributed by atoms with Crippen LogP contribution in [0, 0.1) is 0 Å². The first-order valence-corrected chi connectivity index (χ1v) is 11.6. The van der Waals surface area contributed by atoms with E-state index < -0.39 is 0 Å². The normalized spacial score (nSPS) is 19.6. The fraction of sp³-hybridized carbons (Fsp3) is 0.333. The maximum absolute atomic E-state index is 13.5. The van der Waals surface area contributed by atoms with Crippen molar-refractivity contribution in [2.75, 3.05) is 6.26 Å². The number of hydrogen-bond acceptors (Lipinski definition) is 3. The molecule has 1 saturated carbocycles. The van der Waals surface area contributed by atoms with Crippen molar-refractivity contribution >= 4 is 17.7 Å². The molecule has 5 rings (SSSR count). The second-order valence-corrected chi connectivity index (χ2v) is 8.79. The van der Waals surface area contributed by atoms with Gasteiger partial charge < -0.3 is 4.90 Å². The van der Waals surface area contributed by atoms with Gasteiger partial charge in [-0.2, -0.15) is 5.10 Å². The molecule has 1 aliphatic carbocycles. The number of nitrogens with one attached hydrogen (secondary N) is 1. The highest BCUT2D eigenvalue weighted by molar-refractivity contribution is 7.98. The van der Waals surface area contributed by atoms with Gasteiger partial charge in [-0.1, -0.05) is 61.7 Å². The summed E-state index contributed by atoms with van der Waals surface area (Å²) in [5.74, 6) is 0.0977. The van der Waals surface area contributed by atoms with Gasteiger partial charge in [-0.3, -0.25) is 9.89 Å². The molecule has 1 aliphatic heterocycles. The van der Waals surface area contributed by atoms with Gasteiger partial charge in [0, 0.05) is 22.1 Å². The monoisotopic (exact) mass is 403 g/mol. The van der Waals surface area contributed by atoms with Gasteiger partial charge in [-0.25, -0.2) is 0 Å². The molecule has 0 radical (unpaired) electrons. The van der Waals surface area contributed by atoms with Crippen molar-refractivity contribution in [3.05, 3.63) is 71.4 Å². The molecule has 1 aromatic heterocycles. The van der Waals surface area contributed by atoms with Crippen molar-refractivity contribution in [1.29, 1.82) is 0 Å². The summed E-state index contributed by atoms with van der Waals surface area (Å²) >= 11 is 1.74. The molecule has 2 aromatic carbocycles. The number of aromatic amines is 1. The third-order valence-corrected chi connectivity index (χ3v) is 6.99. The minimum Gasteiger partial charge on any atom is -0.323 e. The first-order valence-electron chi connectivity index (χ1n) is 10.4. The first-order chi connectivity index (χ1) is 14.3. The van der Waals surface area contributed by atoms with Crippen LogP contribution in [0.25, 0.3) is 11.3 Å². The lowest BCUT2D eigenvalue weighted by atomic mass is 9.91. The minimum absolute atomic E-state index is 0.0783. The molecule has 29 heavy (non-hydrogen) atoms. The third kappa shape index (κ3) is 3.18. The zero-order chi connectivity index (χ0) is 19.8. The Labute approximate surface area is 175 Å². The molecule has 0 bridgehead atoms. The maximum atomic E-state index is 13.5. The number of nitrogens with zero attached hydrogens (tertiary/aromatic N) is 2. The quantitative estimate of drug-likeness (QED) is 0.571. The van der Waals surface area contributed by atoms with E-state index in [1.54, 1.807) is 11.8 Å². The molecule has 1 fully saturated rings. The van der Waals surface area contributed by atoms with Crippen molar-refractivity contribution in [3.8, 4) is 11.3 Å². The van der Waals surface area contributed by atoms with Crippen LogP contribution in [0.4, 0.5) is 0 Å². The van der Waals surface area contributed by atoms with Gasteiger partial charge in [0.1, 0.15) is 5.69 Å². The summed E-state index contributed by atoms with van der Waals surface area (Å²) in [6.45, 7) is 0. The van der Waals surface area contributed by atoms with Gasteiger partial charge in [0.2, 0.25) is 0 Å². The average Bonchev–Trinajstić information content (AvgIpc) is 3.34. The predicted molar refractivity (Wildman–Crippen MR) is 117 cm³/mol. The van der Waals surface area contributed by atoms with Crippen molar-refractivity contribution < 1.29 is 4.79 Å². The number of carbonyl (C=O) groups excluding carboxylic acids is 1. The Morgan fingerprint density at radius 3 is 2.41 bits per heavy atom. The van der Waals surface area contributed by atoms with Gasteiger partial charge in [0.15, 0.2) is 0 Å². The van der Waals surface area contributed by atoms with Gasteiger partial charge in [0.25, 0.3) is 5.91 Å². The molecule has 2 aliphatic rings. The van der Waals surface area contributed by atoms with E-state index in [0.717, 1.165) is 29.7 Å². The molecule has 148 valence electrons. The fourth-order valence-corrected chi connectivity index (χ4v) is 5.24. The number of H-pyrrole nitrogens is 1. The Morgan fingerprint density at radius 2 is 1.72 bits per heavy atom. The van der Waals surface area contributed by atoms with Crippen LogP contribution in [0.15, 0.2) is 59.5 Å². The van der Waals surface area contributed by atoms with Gasteiger partial charge in [-0.15, -0.1) is 11.8 Å². The molecule has 2 heterocycles. The van der Waals surface area contributed by atoms with E-state index in [1.165, 1.54) is 29.7 Å². The highest BCUT2D eigenvalue weighted by Crippen LogP contribution is 2.45.